The first kappa shape index (κ1) is 18.2. The first-order valence-corrected chi connectivity index (χ1v) is 9.82. The number of amides is 2. The summed E-state index contributed by atoms with van der Waals surface area (Å²) in [6.07, 6.45) is -0.784. The fourth-order valence-corrected chi connectivity index (χ4v) is 3.83. The number of para-hydroxylation sites is 1. The molecule has 1 aliphatic rings. The smallest absolute Gasteiger partial charge is 0.414 e. The van der Waals surface area contributed by atoms with Crippen molar-refractivity contribution in [3.8, 4) is 10.6 Å². The monoisotopic (exact) mass is 393 g/mol. The molecule has 2 heterocycles. The molecule has 1 aliphatic heterocycles. The van der Waals surface area contributed by atoms with Crippen LogP contribution in [0.2, 0.25) is 0 Å². The molecule has 1 atom stereocenters. The van der Waals surface area contributed by atoms with Crippen molar-refractivity contribution in [1.29, 1.82) is 0 Å². The number of cyclic esters (lactones) is 1. The molecule has 3 aromatic rings. The van der Waals surface area contributed by atoms with E-state index in [1.165, 1.54) is 0 Å². The second kappa shape index (κ2) is 7.82. The van der Waals surface area contributed by atoms with Crippen molar-refractivity contribution in [1.82, 2.24) is 10.3 Å². The minimum absolute atomic E-state index is 0.204. The van der Waals surface area contributed by atoms with Gasteiger partial charge in [-0.15, -0.1) is 11.3 Å². The molecule has 1 fully saturated rings. The second-order valence-corrected chi connectivity index (χ2v) is 7.39. The quantitative estimate of drug-likeness (QED) is 0.714. The fraction of sp³-hybridized carbons (Fsp3) is 0.190. The average Bonchev–Trinajstić information content (AvgIpc) is 3.32. The molecule has 4 rings (SSSR count). The van der Waals surface area contributed by atoms with Gasteiger partial charge in [0.25, 0.3) is 5.91 Å². The van der Waals surface area contributed by atoms with E-state index in [-0.39, 0.29) is 18.6 Å². The van der Waals surface area contributed by atoms with E-state index >= 15 is 0 Å². The number of nitrogens with one attached hydrogen (secondary N) is 1. The molecule has 0 spiro atoms. The summed E-state index contributed by atoms with van der Waals surface area (Å²) >= 11 is 1.55. The van der Waals surface area contributed by atoms with Crippen molar-refractivity contribution in [3.05, 3.63) is 71.2 Å². The number of aromatic nitrogens is 1. The van der Waals surface area contributed by atoms with E-state index in [9.17, 15) is 9.59 Å². The summed E-state index contributed by atoms with van der Waals surface area (Å²) in [6, 6.07) is 16.7. The van der Waals surface area contributed by atoms with Crippen LogP contribution in [0.25, 0.3) is 10.6 Å². The summed E-state index contributed by atoms with van der Waals surface area (Å²) in [6.45, 7) is 2.61. The second-order valence-electron chi connectivity index (χ2n) is 6.54. The Morgan fingerprint density at radius 2 is 2.07 bits per heavy atom. The molecule has 2 amide bonds. The summed E-state index contributed by atoms with van der Waals surface area (Å²) in [5.41, 5.74) is 3.21. The third-order valence-corrected chi connectivity index (χ3v) is 5.43. The summed E-state index contributed by atoms with van der Waals surface area (Å²) in [4.78, 5) is 30.7. The van der Waals surface area contributed by atoms with Gasteiger partial charge in [-0.05, 0) is 31.2 Å². The lowest BCUT2D eigenvalue weighted by Crippen LogP contribution is -2.34. The predicted octanol–water partition coefficient (Wildman–Crippen LogP) is 3.87. The van der Waals surface area contributed by atoms with Gasteiger partial charge >= 0.3 is 6.09 Å². The normalized spacial score (nSPS) is 16.1. The van der Waals surface area contributed by atoms with E-state index in [1.807, 2.05) is 60.8 Å². The Morgan fingerprint density at radius 1 is 1.25 bits per heavy atom. The molecular weight excluding hydrogens is 374 g/mol. The van der Waals surface area contributed by atoms with E-state index in [4.69, 9.17) is 4.74 Å². The zero-order valence-electron chi connectivity index (χ0n) is 15.3. The van der Waals surface area contributed by atoms with Crippen LogP contribution in [0.1, 0.15) is 16.1 Å². The first-order valence-electron chi connectivity index (χ1n) is 8.94. The fourth-order valence-electron chi connectivity index (χ4n) is 3.04. The summed E-state index contributed by atoms with van der Waals surface area (Å²) in [5, 5.41) is 5.72. The molecule has 0 bridgehead atoms. The Balaban J connectivity index is 1.38. The lowest BCUT2D eigenvalue weighted by atomic mass is 10.1. The number of thiazole rings is 1. The molecule has 0 radical (unpaired) electrons. The van der Waals surface area contributed by atoms with Crippen molar-refractivity contribution in [2.24, 2.45) is 0 Å². The molecule has 7 heteroatoms. The van der Waals surface area contributed by atoms with Crippen LogP contribution >= 0.6 is 11.3 Å². The number of nitrogens with zero attached hydrogens (tertiary/aromatic N) is 2. The Morgan fingerprint density at radius 3 is 2.82 bits per heavy atom. The van der Waals surface area contributed by atoms with Gasteiger partial charge in [0, 0.05) is 27.9 Å². The van der Waals surface area contributed by atoms with E-state index in [1.54, 1.807) is 22.3 Å². The Kier molecular flexibility index (Phi) is 5.08. The number of hydrogen-bond donors (Lipinski definition) is 1. The number of benzene rings is 2. The van der Waals surface area contributed by atoms with E-state index in [2.05, 4.69) is 10.3 Å². The van der Waals surface area contributed by atoms with Crippen molar-refractivity contribution >= 4 is 29.0 Å². The highest BCUT2D eigenvalue weighted by molar-refractivity contribution is 7.13. The topological polar surface area (TPSA) is 71.5 Å². The number of hydrogen-bond acceptors (Lipinski definition) is 5. The number of ether oxygens (including phenoxy) is 1. The molecule has 0 saturated carbocycles. The lowest BCUT2D eigenvalue weighted by Gasteiger charge is -2.13. The van der Waals surface area contributed by atoms with Gasteiger partial charge in [0.2, 0.25) is 0 Å². The van der Waals surface area contributed by atoms with Crippen molar-refractivity contribution in [2.45, 2.75) is 13.0 Å². The molecule has 1 aromatic heterocycles. The summed E-state index contributed by atoms with van der Waals surface area (Å²) in [7, 11) is 0. The highest BCUT2D eigenvalue weighted by Gasteiger charge is 2.32. The van der Waals surface area contributed by atoms with Gasteiger partial charge < -0.3 is 10.1 Å². The summed E-state index contributed by atoms with van der Waals surface area (Å²) < 4.78 is 5.37. The molecule has 1 saturated heterocycles. The Bertz CT molecular complexity index is 1000. The van der Waals surface area contributed by atoms with Crippen molar-refractivity contribution < 1.29 is 14.3 Å². The van der Waals surface area contributed by atoms with Gasteiger partial charge in [-0.1, -0.05) is 30.3 Å². The minimum Gasteiger partial charge on any atom is -0.442 e. The number of carbonyl (C=O) groups is 2. The van der Waals surface area contributed by atoms with E-state index in [0.717, 1.165) is 22.0 Å². The van der Waals surface area contributed by atoms with E-state index < -0.39 is 6.09 Å². The number of aryl methyl sites for hydroxylation is 1. The minimum atomic E-state index is -0.397. The van der Waals surface area contributed by atoms with Gasteiger partial charge in [-0.3, -0.25) is 9.69 Å². The average molecular weight is 393 g/mol. The molecule has 6 nitrogen and oxygen atoms in total. The molecule has 1 N–H and O–H groups in total. The molecule has 142 valence electrons. The van der Waals surface area contributed by atoms with Gasteiger partial charge in [-0.2, -0.15) is 0 Å². The number of rotatable bonds is 5. The zero-order valence-corrected chi connectivity index (χ0v) is 16.1. The standard InChI is InChI=1S/C21H19N3O3S/c1-14-13-28-20(23-14)16-7-5-6-15(10-16)19(25)22-11-18-12-24(21(26)27-18)17-8-3-2-4-9-17/h2-10,13,18H,11-12H2,1H3,(H,22,25). The number of carbonyl (C=O) groups excluding carboxylic acids is 2. The SMILES string of the molecule is Cc1csc(-c2cccc(C(=O)NCC3CN(c4ccccc4)C(=O)O3)c2)n1. The van der Waals surface area contributed by atoms with Crippen LogP contribution in [-0.2, 0) is 4.74 Å². The maximum absolute atomic E-state index is 12.5. The Labute approximate surface area is 166 Å². The van der Waals surface area contributed by atoms with Crippen LogP contribution in [-0.4, -0.2) is 36.2 Å². The van der Waals surface area contributed by atoms with Crippen molar-refractivity contribution in [3.63, 3.8) is 0 Å². The van der Waals surface area contributed by atoms with Gasteiger partial charge in [0.05, 0.1) is 13.1 Å². The lowest BCUT2D eigenvalue weighted by molar-refractivity contribution is 0.0916. The predicted molar refractivity (Wildman–Crippen MR) is 109 cm³/mol. The van der Waals surface area contributed by atoms with Crippen LogP contribution in [0.15, 0.2) is 60.0 Å². The maximum atomic E-state index is 12.5. The van der Waals surface area contributed by atoms with Gasteiger partial charge in [0.15, 0.2) is 0 Å². The largest absolute Gasteiger partial charge is 0.442 e. The van der Waals surface area contributed by atoms with E-state index in [0.29, 0.717) is 12.1 Å². The highest BCUT2D eigenvalue weighted by atomic mass is 32.1. The van der Waals surface area contributed by atoms with Crippen LogP contribution in [0.5, 0.6) is 0 Å². The highest BCUT2D eigenvalue weighted by Crippen LogP contribution is 2.24. The number of anilines is 1. The zero-order chi connectivity index (χ0) is 19.5. The molecule has 2 aromatic carbocycles. The molecular formula is C21H19N3O3S. The van der Waals surface area contributed by atoms with Crippen LogP contribution in [0, 0.1) is 6.92 Å². The van der Waals surface area contributed by atoms with Gasteiger partial charge in [-0.25, -0.2) is 9.78 Å². The maximum Gasteiger partial charge on any atom is 0.414 e. The third kappa shape index (κ3) is 3.89. The van der Waals surface area contributed by atoms with Crippen LogP contribution in [0.3, 0.4) is 0 Å². The van der Waals surface area contributed by atoms with Crippen molar-refractivity contribution in [2.75, 3.05) is 18.0 Å². The first-order chi connectivity index (χ1) is 13.6. The molecule has 1 unspecified atom stereocenters. The van der Waals surface area contributed by atoms with Crippen LogP contribution in [0.4, 0.5) is 10.5 Å². The third-order valence-electron chi connectivity index (χ3n) is 4.42. The Hall–Kier alpha value is -3.19. The molecule has 28 heavy (non-hydrogen) atoms. The molecule has 0 aliphatic carbocycles. The van der Waals surface area contributed by atoms with Crippen LogP contribution < -0.4 is 10.2 Å². The van der Waals surface area contributed by atoms with Gasteiger partial charge in [0.1, 0.15) is 11.1 Å². The summed E-state index contributed by atoms with van der Waals surface area (Å²) in [5.74, 6) is -0.204.